The predicted molar refractivity (Wildman–Crippen MR) is 88.0 cm³/mol. The molecular formula is C17H18N4O4. The minimum Gasteiger partial charge on any atom is -0.478 e. The monoisotopic (exact) mass is 342 g/mol. The first-order valence-corrected chi connectivity index (χ1v) is 8.08. The number of nitrogens with zero attached hydrogens (tertiary/aromatic N) is 3. The van der Waals surface area contributed by atoms with E-state index in [4.69, 9.17) is 6.42 Å². The standard InChI is InChI=1S/C17H18N4O4/c1-2-3-6-17(19-20-17)7-4-15(23)21-8-5-13-12(10-21)11(16(24)25)9-14(22)18-13/h1,9H,3-8,10H2,(H,18,22)(H,24,25). The van der Waals surface area contributed by atoms with E-state index in [0.717, 1.165) is 6.07 Å². The number of aromatic carboxylic acids is 1. The molecule has 0 saturated heterocycles. The maximum absolute atomic E-state index is 12.5. The molecule has 0 aliphatic carbocycles. The van der Waals surface area contributed by atoms with Crippen LogP contribution >= 0.6 is 0 Å². The number of hydrogen-bond acceptors (Lipinski definition) is 5. The van der Waals surface area contributed by atoms with E-state index >= 15 is 0 Å². The number of carboxylic acid groups (broad SMARTS) is 1. The van der Waals surface area contributed by atoms with Gasteiger partial charge in [-0.1, -0.05) is 0 Å². The molecule has 0 aromatic carbocycles. The zero-order valence-electron chi connectivity index (χ0n) is 13.6. The van der Waals surface area contributed by atoms with E-state index in [9.17, 15) is 19.5 Å². The Kier molecular flexibility index (Phi) is 4.40. The fraction of sp³-hybridized carbons (Fsp3) is 0.471. The molecule has 0 fully saturated rings. The second-order valence-electron chi connectivity index (χ2n) is 6.26. The maximum Gasteiger partial charge on any atom is 0.336 e. The lowest BCUT2D eigenvalue weighted by atomic mass is 9.98. The fourth-order valence-corrected chi connectivity index (χ4v) is 3.09. The molecule has 2 aliphatic rings. The second-order valence-corrected chi connectivity index (χ2v) is 6.26. The van der Waals surface area contributed by atoms with Crippen molar-refractivity contribution < 1.29 is 14.7 Å². The van der Waals surface area contributed by atoms with Crippen molar-refractivity contribution in [3.8, 4) is 12.3 Å². The molecule has 25 heavy (non-hydrogen) atoms. The third kappa shape index (κ3) is 3.60. The van der Waals surface area contributed by atoms with Gasteiger partial charge in [-0.15, -0.1) is 12.3 Å². The topological polar surface area (TPSA) is 115 Å². The molecule has 8 heteroatoms. The normalized spacial score (nSPS) is 16.8. The minimum atomic E-state index is -1.17. The van der Waals surface area contributed by atoms with Gasteiger partial charge in [0.1, 0.15) is 0 Å². The average molecular weight is 342 g/mol. The van der Waals surface area contributed by atoms with Gasteiger partial charge in [0.25, 0.3) is 0 Å². The summed E-state index contributed by atoms with van der Waals surface area (Å²) in [7, 11) is 0. The van der Waals surface area contributed by atoms with Gasteiger partial charge < -0.3 is 15.0 Å². The number of nitrogens with one attached hydrogen (secondary N) is 1. The van der Waals surface area contributed by atoms with Gasteiger partial charge in [0.15, 0.2) is 5.66 Å². The summed E-state index contributed by atoms with van der Waals surface area (Å²) in [5.74, 6) is 1.30. The summed E-state index contributed by atoms with van der Waals surface area (Å²) in [5, 5.41) is 17.3. The van der Waals surface area contributed by atoms with Crippen molar-refractivity contribution in [2.75, 3.05) is 6.54 Å². The molecule has 1 aromatic heterocycles. The Morgan fingerprint density at radius 3 is 2.80 bits per heavy atom. The van der Waals surface area contributed by atoms with Crippen molar-refractivity contribution in [1.29, 1.82) is 0 Å². The van der Waals surface area contributed by atoms with Crippen LogP contribution in [-0.4, -0.2) is 39.1 Å². The number of terminal acetylenes is 1. The third-order valence-corrected chi connectivity index (χ3v) is 4.59. The maximum atomic E-state index is 12.5. The molecule has 130 valence electrons. The van der Waals surface area contributed by atoms with Crippen LogP contribution in [0, 0.1) is 12.3 Å². The van der Waals surface area contributed by atoms with Crippen molar-refractivity contribution in [1.82, 2.24) is 9.88 Å². The van der Waals surface area contributed by atoms with Gasteiger partial charge >= 0.3 is 5.97 Å². The zero-order chi connectivity index (χ0) is 18.0. The van der Waals surface area contributed by atoms with Gasteiger partial charge in [-0.25, -0.2) is 4.79 Å². The molecule has 0 spiro atoms. The number of fused-ring (bicyclic) bond motifs is 1. The molecule has 0 unspecified atom stereocenters. The van der Waals surface area contributed by atoms with E-state index in [2.05, 4.69) is 21.1 Å². The lowest BCUT2D eigenvalue weighted by Gasteiger charge is -2.29. The molecule has 0 saturated carbocycles. The first-order chi connectivity index (χ1) is 11.9. The van der Waals surface area contributed by atoms with Crippen LogP contribution in [0.4, 0.5) is 0 Å². The van der Waals surface area contributed by atoms with Crippen LogP contribution in [0.25, 0.3) is 0 Å². The number of carboxylic acids is 1. The van der Waals surface area contributed by atoms with Gasteiger partial charge in [-0.05, 0) is 0 Å². The van der Waals surface area contributed by atoms with Crippen molar-refractivity contribution in [3.63, 3.8) is 0 Å². The molecule has 0 radical (unpaired) electrons. The highest BCUT2D eigenvalue weighted by Gasteiger charge is 2.39. The predicted octanol–water partition coefficient (Wildman–Crippen LogP) is 1.31. The third-order valence-electron chi connectivity index (χ3n) is 4.59. The zero-order valence-corrected chi connectivity index (χ0v) is 13.6. The molecule has 2 N–H and O–H groups in total. The summed E-state index contributed by atoms with van der Waals surface area (Å²) in [6.07, 6.45) is 7.66. The van der Waals surface area contributed by atoms with Gasteiger partial charge in [-0.2, -0.15) is 10.2 Å². The van der Waals surface area contributed by atoms with E-state index < -0.39 is 17.2 Å². The first kappa shape index (κ1) is 16.9. The van der Waals surface area contributed by atoms with E-state index in [1.165, 1.54) is 0 Å². The Morgan fingerprint density at radius 2 is 2.16 bits per heavy atom. The van der Waals surface area contributed by atoms with Gasteiger partial charge in [-0.3, -0.25) is 9.59 Å². The highest BCUT2D eigenvalue weighted by atomic mass is 16.4. The van der Waals surface area contributed by atoms with Crippen LogP contribution in [0.1, 0.15) is 47.3 Å². The van der Waals surface area contributed by atoms with E-state index in [0.29, 0.717) is 43.5 Å². The lowest BCUT2D eigenvalue weighted by Crippen LogP contribution is -2.38. The molecule has 1 amide bonds. The SMILES string of the molecule is C#CCCC1(CCC(=O)N2CCc3[nH]c(=O)cc(C(=O)O)c3C2)N=N1. The molecule has 2 aliphatic heterocycles. The quantitative estimate of drug-likeness (QED) is 0.758. The van der Waals surface area contributed by atoms with Crippen LogP contribution in [0.15, 0.2) is 21.1 Å². The van der Waals surface area contributed by atoms with Crippen molar-refractivity contribution >= 4 is 11.9 Å². The summed E-state index contributed by atoms with van der Waals surface area (Å²) in [4.78, 5) is 39.7. The first-order valence-electron chi connectivity index (χ1n) is 8.08. The largest absolute Gasteiger partial charge is 0.478 e. The lowest BCUT2D eigenvalue weighted by molar-refractivity contribution is -0.132. The Hall–Kier alpha value is -2.95. The Balaban J connectivity index is 1.66. The van der Waals surface area contributed by atoms with Crippen LogP contribution in [0.5, 0.6) is 0 Å². The number of pyridine rings is 1. The van der Waals surface area contributed by atoms with E-state index in [-0.39, 0.29) is 24.4 Å². The van der Waals surface area contributed by atoms with Crippen molar-refractivity contribution in [3.05, 3.63) is 33.2 Å². The van der Waals surface area contributed by atoms with Crippen LogP contribution < -0.4 is 5.56 Å². The highest BCUT2D eigenvalue weighted by molar-refractivity contribution is 5.90. The summed E-state index contributed by atoms with van der Waals surface area (Å²) in [6, 6.07) is 1.06. The minimum absolute atomic E-state index is 0.0473. The van der Waals surface area contributed by atoms with Gasteiger partial charge in [0, 0.05) is 62.5 Å². The molecule has 0 atom stereocenters. The number of rotatable bonds is 6. The van der Waals surface area contributed by atoms with E-state index in [1.54, 1.807) is 4.90 Å². The molecular weight excluding hydrogens is 324 g/mol. The van der Waals surface area contributed by atoms with Crippen LogP contribution in [0.2, 0.25) is 0 Å². The number of aromatic amines is 1. The number of carbonyl (C=O) groups excluding carboxylic acids is 1. The summed E-state index contributed by atoms with van der Waals surface area (Å²) in [5.41, 5.74) is 0.0890. The Bertz CT molecular complexity index is 843. The Morgan fingerprint density at radius 1 is 1.40 bits per heavy atom. The van der Waals surface area contributed by atoms with Crippen molar-refractivity contribution in [2.24, 2.45) is 10.2 Å². The summed E-state index contributed by atoms with van der Waals surface area (Å²) < 4.78 is 0. The number of amides is 1. The number of carbonyl (C=O) groups is 2. The van der Waals surface area contributed by atoms with Crippen LogP contribution in [-0.2, 0) is 17.8 Å². The fourth-order valence-electron chi connectivity index (χ4n) is 3.09. The smallest absolute Gasteiger partial charge is 0.336 e. The number of aromatic nitrogens is 1. The second kappa shape index (κ2) is 6.51. The molecule has 1 aromatic rings. The molecule has 0 bridgehead atoms. The van der Waals surface area contributed by atoms with Crippen molar-refractivity contribution in [2.45, 2.75) is 44.3 Å². The molecule has 3 heterocycles. The summed E-state index contributed by atoms with van der Waals surface area (Å²) >= 11 is 0. The van der Waals surface area contributed by atoms with Crippen LogP contribution in [0.3, 0.4) is 0 Å². The highest BCUT2D eigenvalue weighted by Crippen LogP contribution is 2.37. The van der Waals surface area contributed by atoms with Gasteiger partial charge in [0.2, 0.25) is 11.5 Å². The molecule has 8 nitrogen and oxygen atoms in total. The molecule has 3 rings (SSSR count). The summed E-state index contributed by atoms with van der Waals surface area (Å²) in [6.45, 7) is 0.620. The average Bonchev–Trinajstić information content (AvgIpc) is 3.37. The Labute approximate surface area is 144 Å². The number of hydrogen-bond donors (Lipinski definition) is 2. The number of H-pyrrole nitrogens is 1. The van der Waals surface area contributed by atoms with E-state index in [1.807, 2.05) is 0 Å². The van der Waals surface area contributed by atoms with Gasteiger partial charge in [0.05, 0.1) is 5.56 Å².